The molecule has 2 aromatic rings. The molecule has 1 fully saturated rings. The standard InChI is InChI=1S/C25H32N4O3/c1-28-11-5-8-21-16-19(9-10-23(21)28)17-26-25(31)27-18-22(20-6-3-2-4-7-20)24(30)29-12-14-32-15-13-29/h2-4,6-7,9-10,16,22H,5,8,11-15,17-18H2,1H3,(H2,26,27,31). The number of hydrogen-bond acceptors (Lipinski definition) is 4. The molecule has 0 radical (unpaired) electrons. The SMILES string of the molecule is CN1CCCc2cc(CNC(=O)NCC(C(=O)N3CCOCC3)c3ccccc3)ccc21. The zero-order chi connectivity index (χ0) is 22.3. The zero-order valence-corrected chi connectivity index (χ0v) is 18.7. The van der Waals surface area contributed by atoms with Crippen molar-refractivity contribution in [2.75, 3.05) is 51.3 Å². The van der Waals surface area contributed by atoms with Crippen molar-refractivity contribution >= 4 is 17.6 Å². The molecule has 2 N–H and O–H groups in total. The molecule has 0 aromatic heterocycles. The van der Waals surface area contributed by atoms with Crippen LogP contribution in [-0.4, -0.2) is 63.3 Å². The lowest BCUT2D eigenvalue weighted by Gasteiger charge is -2.30. The third kappa shape index (κ3) is 5.40. The summed E-state index contributed by atoms with van der Waals surface area (Å²) in [5.41, 5.74) is 4.59. The largest absolute Gasteiger partial charge is 0.378 e. The summed E-state index contributed by atoms with van der Waals surface area (Å²) in [6.07, 6.45) is 2.22. The van der Waals surface area contributed by atoms with Crippen LogP contribution in [-0.2, 0) is 22.5 Å². The predicted octanol–water partition coefficient (Wildman–Crippen LogP) is 2.51. The van der Waals surface area contributed by atoms with Gasteiger partial charge in [-0.05, 0) is 35.6 Å². The molecule has 0 spiro atoms. The summed E-state index contributed by atoms with van der Waals surface area (Å²) >= 11 is 0. The summed E-state index contributed by atoms with van der Waals surface area (Å²) in [6, 6.07) is 15.8. The van der Waals surface area contributed by atoms with Crippen LogP contribution in [0.1, 0.15) is 29.0 Å². The van der Waals surface area contributed by atoms with Gasteiger partial charge in [-0.1, -0.05) is 42.5 Å². The van der Waals surface area contributed by atoms with Gasteiger partial charge < -0.3 is 25.2 Å². The minimum Gasteiger partial charge on any atom is -0.378 e. The van der Waals surface area contributed by atoms with Gasteiger partial charge in [0.2, 0.25) is 5.91 Å². The topological polar surface area (TPSA) is 73.9 Å². The molecule has 0 saturated carbocycles. The van der Waals surface area contributed by atoms with Crippen molar-refractivity contribution in [2.45, 2.75) is 25.3 Å². The maximum atomic E-state index is 13.1. The Morgan fingerprint density at radius 3 is 2.59 bits per heavy atom. The minimum atomic E-state index is -0.417. The van der Waals surface area contributed by atoms with E-state index in [1.165, 1.54) is 11.3 Å². The molecule has 1 unspecified atom stereocenters. The first kappa shape index (κ1) is 22.1. The lowest BCUT2D eigenvalue weighted by atomic mass is 9.97. The minimum absolute atomic E-state index is 0.0265. The third-order valence-electron chi connectivity index (χ3n) is 6.24. The summed E-state index contributed by atoms with van der Waals surface area (Å²) < 4.78 is 5.37. The number of carbonyl (C=O) groups excluding carboxylic acids is 2. The third-order valence-corrected chi connectivity index (χ3v) is 6.24. The zero-order valence-electron chi connectivity index (χ0n) is 18.7. The van der Waals surface area contributed by atoms with Crippen LogP contribution in [0, 0.1) is 0 Å². The Morgan fingerprint density at radius 2 is 1.81 bits per heavy atom. The van der Waals surface area contributed by atoms with Crippen molar-refractivity contribution in [3.05, 3.63) is 65.2 Å². The van der Waals surface area contributed by atoms with Gasteiger partial charge in [0.25, 0.3) is 0 Å². The van der Waals surface area contributed by atoms with Crippen LogP contribution in [0.5, 0.6) is 0 Å². The number of nitrogens with zero attached hydrogens (tertiary/aromatic N) is 2. The van der Waals surface area contributed by atoms with Crippen LogP contribution in [0.15, 0.2) is 48.5 Å². The lowest BCUT2D eigenvalue weighted by molar-refractivity contribution is -0.136. The average Bonchev–Trinajstić information content (AvgIpc) is 2.84. The summed E-state index contributed by atoms with van der Waals surface area (Å²) in [7, 11) is 2.12. The van der Waals surface area contributed by atoms with Crippen LogP contribution in [0.3, 0.4) is 0 Å². The molecular formula is C25H32N4O3. The molecule has 2 heterocycles. The van der Waals surface area contributed by atoms with Crippen molar-refractivity contribution < 1.29 is 14.3 Å². The van der Waals surface area contributed by atoms with Gasteiger partial charge in [-0.15, -0.1) is 0 Å². The number of nitrogens with one attached hydrogen (secondary N) is 2. The highest BCUT2D eigenvalue weighted by atomic mass is 16.5. The molecule has 2 aliphatic rings. The number of benzene rings is 2. The van der Waals surface area contributed by atoms with Crippen molar-refractivity contribution in [2.24, 2.45) is 0 Å². The van der Waals surface area contributed by atoms with E-state index in [2.05, 4.69) is 40.8 Å². The Labute approximate surface area is 189 Å². The van der Waals surface area contributed by atoms with Crippen LogP contribution < -0.4 is 15.5 Å². The van der Waals surface area contributed by atoms with E-state index in [0.29, 0.717) is 32.8 Å². The number of ether oxygens (including phenoxy) is 1. The summed E-state index contributed by atoms with van der Waals surface area (Å²) in [5.74, 6) is -0.391. The van der Waals surface area contributed by atoms with E-state index in [-0.39, 0.29) is 18.5 Å². The van der Waals surface area contributed by atoms with Crippen molar-refractivity contribution in [1.29, 1.82) is 0 Å². The molecule has 1 atom stereocenters. The van der Waals surface area contributed by atoms with E-state index < -0.39 is 5.92 Å². The molecule has 7 nitrogen and oxygen atoms in total. The molecule has 170 valence electrons. The number of amides is 3. The molecular weight excluding hydrogens is 404 g/mol. The molecule has 2 aromatic carbocycles. The summed E-state index contributed by atoms with van der Waals surface area (Å²) in [4.78, 5) is 29.8. The molecule has 1 saturated heterocycles. The van der Waals surface area contributed by atoms with Crippen molar-refractivity contribution in [3.63, 3.8) is 0 Å². The predicted molar refractivity (Wildman–Crippen MR) is 125 cm³/mol. The number of aryl methyl sites for hydroxylation is 1. The number of anilines is 1. The molecule has 0 bridgehead atoms. The molecule has 32 heavy (non-hydrogen) atoms. The van der Waals surface area contributed by atoms with E-state index in [1.54, 1.807) is 0 Å². The fourth-order valence-electron chi connectivity index (χ4n) is 4.43. The van der Waals surface area contributed by atoms with Crippen LogP contribution >= 0.6 is 0 Å². The van der Waals surface area contributed by atoms with Gasteiger partial charge in [0, 0.05) is 45.5 Å². The number of morpholine rings is 1. The van der Waals surface area contributed by atoms with Gasteiger partial charge in [-0.25, -0.2) is 4.79 Å². The molecule has 3 amide bonds. The van der Waals surface area contributed by atoms with Gasteiger partial charge in [-0.3, -0.25) is 4.79 Å². The van der Waals surface area contributed by atoms with Gasteiger partial charge >= 0.3 is 6.03 Å². The average molecular weight is 437 g/mol. The van der Waals surface area contributed by atoms with Gasteiger partial charge in [-0.2, -0.15) is 0 Å². The monoisotopic (exact) mass is 436 g/mol. The second-order valence-electron chi connectivity index (χ2n) is 8.45. The summed E-state index contributed by atoms with van der Waals surface area (Å²) in [5, 5.41) is 5.84. The second kappa shape index (κ2) is 10.5. The molecule has 2 aliphatic heterocycles. The van der Waals surface area contributed by atoms with E-state index in [1.807, 2.05) is 35.2 Å². The number of carbonyl (C=O) groups is 2. The van der Waals surface area contributed by atoms with Gasteiger partial charge in [0.15, 0.2) is 0 Å². The molecule has 7 heteroatoms. The summed E-state index contributed by atoms with van der Waals surface area (Å²) in [6.45, 7) is 4.06. The van der Waals surface area contributed by atoms with E-state index >= 15 is 0 Å². The first-order chi connectivity index (χ1) is 15.6. The quantitative estimate of drug-likeness (QED) is 0.730. The number of fused-ring (bicyclic) bond motifs is 1. The Kier molecular flexibility index (Phi) is 7.27. The number of hydrogen-bond donors (Lipinski definition) is 2. The Bertz CT molecular complexity index is 928. The van der Waals surface area contributed by atoms with Crippen LogP contribution in [0.4, 0.5) is 10.5 Å². The molecule has 4 rings (SSSR count). The smallest absolute Gasteiger partial charge is 0.315 e. The van der Waals surface area contributed by atoms with E-state index in [0.717, 1.165) is 30.5 Å². The van der Waals surface area contributed by atoms with Crippen LogP contribution in [0.25, 0.3) is 0 Å². The first-order valence-corrected chi connectivity index (χ1v) is 11.4. The Balaban J connectivity index is 1.34. The normalized spacial score (nSPS) is 16.8. The van der Waals surface area contributed by atoms with E-state index in [4.69, 9.17) is 4.74 Å². The number of rotatable bonds is 6. The fraction of sp³-hybridized carbons (Fsp3) is 0.440. The van der Waals surface area contributed by atoms with Crippen LogP contribution in [0.2, 0.25) is 0 Å². The van der Waals surface area contributed by atoms with Crippen molar-refractivity contribution in [1.82, 2.24) is 15.5 Å². The highest BCUT2D eigenvalue weighted by molar-refractivity contribution is 5.85. The highest BCUT2D eigenvalue weighted by Crippen LogP contribution is 2.26. The Hall–Kier alpha value is -3.06. The van der Waals surface area contributed by atoms with Crippen molar-refractivity contribution in [3.8, 4) is 0 Å². The Morgan fingerprint density at radius 1 is 1.03 bits per heavy atom. The maximum Gasteiger partial charge on any atom is 0.315 e. The fourth-order valence-corrected chi connectivity index (χ4v) is 4.43. The lowest BCUT2D eigenvalue weighted by Crippen LogP contribution is -2.46. The molecule has 0 aliphatic carbocycles. The highest BCUT2D eigenvalue weighted by Gasteiger charge is 2.27. The van der Waals surface area contributed by atoms with E-state index in [9.17, 15) is 9.59 Å². The second-order valence-corrected chi connectivity index (χ2v) is 8.45. The maximum absolute atomic E-state index is 13.1. The van der Waals surface area contributed by atoms with Gasteiger partial charge in [0.05, 0.1) is 19.1 Å². The number of urea groups is 1. The first-order valence-electron chi connectivity index (χ1n) is 11.4. The van der Waals surface area contributed by atoms with Gasteiger partial charge in [0.1, 0.15) is 0 Å².